The highest BCUT2D eigenvalue weighted by Gasteiger charge is 2.17. The summed E-state index contributed by atoms with van der Waals surface area (Å²) in [5, 5.41) is 2.86. The normalized spacial score (nSPS) is 16.2. The molecule has 6 nitrogen and oxygen atoms in total. The van der Waals surface area contributed by atoms with Gasteiger partial charge < -0.3 is 15.1 Å². The Morgan fingerprint density at radius 1 is 1.39 bits per heavy atom. The van der Waals surface area contributed by atoms with E-state index in [-0.39, 0.29) is 5.91 Å². The van der Waals surface area contributed by atoms with Gasteiger partial charge in [0.25, 0.3) is 0 Å². The Morgan fingerprint density at radius 2 is 2.17 bits per heavy atom. The monoisotopic (exact) mass is 249 g/mol. The molecule has 0 unspecified atom stereocenters. The van der Waals surface area contributed by atoms with Crippen LogP contribution in [-0.2, 0) is 4.79 Å². The number of rotatable bonds is 2. The van der Waals surface area contributed by atoms with E-state index in [0.717, 1.165) is 31.0 Å². The van der Waals surface area contributed by atoms with Gasteiger partial charge in [0.2, 0.25) is 11.9 Å². The zero-order valence-electron chi connectivity index (χ0n) is 11.1. The second-order valence-corrected chi connectivity index (χ2v) is 4.69. The van der Waals surface area contributed by atoms with Crippen LogP contribution in [0.4, 0.5) is 11.8 Å². The van der Waals surface area contributed by atoms with Crippen molar-refractivity contribution in [2.24, 2.45) is 0 Å². The fourth-order valence-corrected chi connectivity index (χ4v) is 1.90. The van der Waals surface area contributed by atoms with Crippen molar-refractivity contribution in [1.29, 1.82) is 0 Å². The molecule has 1 fully saturated rings. The van der Waals surface area contributed by atoms with E-state index in [1.165, 1.54) is 0 Å². The molecule has 0 aromatic carbocycles. The molecule has 18 heavy (non-hydrogen) atoms. The molecule has 1 saturated heterocycles. The average molecular weight is 249 g/mol. The van der Waals surface area contributed by atoms with Crippen molar-refractivity contribution < 1.29 is 4.79 Å². The van der Waals surface area contributed by atoms with Crippen LogP contribution in [0.5, 0.6) is 0 Å². The van der Waals surface area contributed by atoms with E-state index in [2.05, 4.69) is 15.3 Å². The lowest BCUT2D eigenvalue weighted by Gasteiger charge is -2.22. The first-order valence-corrected chi connectivity index (χ1v) is 6.11. The maximum atomic E-state index is 11.6. The largest absolute Gasteiger partial charge is 0.354 e. The van der Waals surface area contributed by atoms with Gasteiger partial charge in [0, 0.05) is 38.9 Å². The number of hydrogen-bond donors (Lipinski definition) is 1. The standard InChI is InChI=1S/C12H19N5O/c1-9-7-10(15-12(14-9)16(2)3)17-6-4-5-13-11(18)8-17/h7H,4-6,8H2,1-3H3,(H,13,18). The molecule has 2 heterocycles. The lowest BCUT2D eigenvalue weighted by Crippen LogP contribution is -2.33. The van der Waals surface area contributed by atoms with Crippen molar-refractivity contribution in [2.75, 3.05) is 43.5 Å². The van der Waals surface area contributed by atoms with Gasteiger partial charge in [-0.3, -0.25) is 4.79 Å². The summed E-state index contributed by atoms with van der Waals surface area (Å²) in [7, 11) is 3.82. The van der Waals surface area contributed by atoms with Gasteiger partial charge in [0.05, 0.1) is 6.54 Å². The highest BCUT2D eigenvalue weighted by Crippen LogP contribution is 2.17. The molecule has 1 aromatic rings. The number of aryl methyl sites for hydroxylation is 1. The lowest BCUT2D eigenvalue weighted by molar-refractivity contribution is -0.119. The Morgan fingerprint density at radius 3 is 2.89 bits per heavy atom. The molecule has 98 valence electrons. The third-order valence-corrected chi connectivity index (χ3v) is 2.81. The number of amides is 1. The van der Waals surface area contributed by atoms with E-state index in [0.29, 0.717) is 12.5 Å². The third-order valence-electron chi connectivity index (χ3n) is 2.81. The van der Waals surface area contributed by atoms with Crippen molar-refractivity contribution in [3.05, 3.63) is 11.8 Å². The Kier molecular flexibility index (Phi) is 3.64. The minimum atomic E-state index is 0.0511. The Hall–Kier alpha value is -1.85. The summed E-state index contributed by atoms with van der Waals surface area (Å²) in [5.74, 6) is 1.55. The quantitative estimate of drug-likeness (QED) is 0.810. The van der Waals surface area contributed by atoms with Crippen molar-refractivity contribution >= 4 is 17.7 Å². The summed E-state index contributed by atoms with van der Waals surface area (Å²) in [6.07, 6.45) is 0.937. The molecule has 1 aliphatic rings. The molecule has 1 amide bonds. The molecule has 0 atom stereocenters. The number of carbonyl (C=O) groups is 1. The minimum Gasteiger partial charge on any atom is -0.354 e. The molecule has 1 aromatic heterocycles. The van der Waals surface area contributed by atoms with Crippen molar-refractivity contribution in [3.63, 3.8) is 0 Å². The van der Waals surface area contributed by atoms with Gasteiger partial charge in [0.1, 0.15) is 5.82 Å². The topological polar surface area (TPSA) is 61.4 Å². The first-order chi connectivity index (χ1) is 8.56. The predicted octanol–water partition coefficient (Wildman–Crippen LogP) is 0.177. The maximum Gasteiger partial charge on any atom is 0.239 e. The van der Waals surface area contributed by atoms with Gasteiger partial charge in [-0.15, -0.1) is 0 Å². The Bertz CT molecular complexity index is 446. The van der Waals surface area contributed by atoms with Crippen LogP contribution in [0.2, 0.25) is 0 Å². The molecular formula is C12H19N5O. The Labute approximate surface area is 107 Å². The van der Waals surface area contributed by atoms with Crippen LogP contribution in [0.1, 0.15) is 12.1 Å². The molecule has 1 N–H and O–H groups in total. The van der Waals surface area contributed by atoms with Gasteiger partial charge in [-0.1, -0.05) is 0 Å². The molecular weight excluding hydrogens is 230 g/mol. The first kappa shape index (κ1) is 12.6. The molecule has 1 aliphatic heterocycles. The van der Waals surface area contributed by atoms with Gasteiger partial charge in [0.15, 0.2) is 0 Å². The van der Waals surface area contributed by atoms with E-state index >= 15 is 0 Å². The number of aromatic nitrogens is 2. The van der Waals surface area contributed by atoms with Crippen molar-refractivity contribution in [2.45, 2.75) is 13.3 Å². The molecule has 0 radical (unpaired) electrons. The van der Waals surface area contributed by atoms with Crippen LogP contribution in [-0.4, -0.2) is 49.6 Å². The zero-order valence-corrected chi connectivity index (χ0v) is 11.1. The van der Waals surface area contributed by atoms with Crippen LogP contribution in [0.3, 0.4) is 0 Å². The molecule has 0 saturated carbocycles. The smallest absolute Gasteiger partial charge is 0.239 e. The number of nitrogens with zero attached hydrogens (tertiary/aromatic N) is 4. The highest BCUT2D eigenvalue weighted by molar-refractivity contribution is 5.81. The van der Waals surface area contributed by atoms with E-state index in [1.54, 1.807) is 0 Å². The predicted molar refractivity (Wildman–Crippen MR) is 70.9 cm³/mol. The summed E-state index contributed by atoms with van der Waals surface area (Å²) in [6, 6.07) is 1.92. The van der Waals surface area contributed by atoms with E-state index < -0.39 is 0 Å². The molecule has 0 bridgehead atoms. The summed E-state index contributed by atoms with van der Waals surface area (Å²) < 4.78 is 0. The minimum absolute atomic E-state index is 0.0511. The molecule has 0 aliphatic carbocycles. The van der Waals surface area contributed by atoms with Crippen molar-refractivity contribution in [3.8, 4) is 0 Å². The lowest BCUT2D eigenvalue weighted by atomic mass is 10.3. The third kappa shape index (κ3) is 2.88. The number of anilines is 2. The molecule has 0 spiro atoms. The molecule has 6 heteroatoms. The Balaban J connectivity index is 2.28. The van der Waals surface area contributed by atoms with Gasteiger partial charge >= 0.3 is 0 Å². The number of hydrogen-bond acceptors (Lipinski definition) is 5. The van der Waals surface area contributed by atoms with Gasteiger partial charge in [-0.25, -0.2) is 4.98 Å². The van der Waals surface area contributed by atoms with Crippen molar-refractivity contribution in [1.82, 2.24) is 15.3 Å². The zero-order chi connectivity index (χ0) is 13.1. The molecule has 2 rings (SSSR count). The summed E-state index contributed by atoms with van der Waals surface area (Å²) in [6.45, 7) is 3.88. The van der Waals surface area contributed by atoms with Crippen LogP contribution < -0.4 is 15.1 Å². The SMILES string of the molecule is Cc1cc(N2CCCNC(=O)C2)nc(N(C)C)n1. The van der Waals surface area contributed by atoms with Crippen LogP contribution in [0.15, 0.2) is 6.07 Å². The summed E-state index contributed by atoms with van der Waals surface area (Å²) >= 11 is 0. The van der Waals surface area contributed by atoms with Gasteiger partial charge in [-0.2, -0.15) is 4.98 Å². The number of nitrogens with one attached hydrogen (secondary N) is 1. The summed E-state index contributed by atoms with van der Waals surface area (Å²) in [4.78, 5) is 24.3. The second-order valence-electron chi connectivity index (χ2n) is 4.69. The van der Waals surface area contributed by atoms with E-state index in [1.807, 2.05) is 36.9 Å². The van der Waals surface area contributed by atoms with E-state index in [9.17, 15) is 4.79 Å². The first-order valence-electron chi connectivity index (χ1n) is 6.11. The van der Waals surface area contributed by atoms with Crippen LogP contribution >= 0.6 is 0 Å². The summed E-state index contributed by atoms with van der Waals surface area (Å²) in [5.41, 5.74) is 0.911. The van der Waals surface area contributed by atoms with Crippen LogP contribution in [0.25, 0.3) is 0 Å². The van der Waals surface area contributed by atoms with Crippen LogP contribution in [0, 0.1) is 6.92 Å². The number of carbonyl (C=O) groups excluding carboxylic acids is 1. The van der Waals surface area contributed by atoms with E-state index in [4.69, 9.17) is 0 Å². The van der Waals surface area contributed by atoms with Gasteiger partial charge in [-0.05, 0) is 13.3 Å². The highest BCUT2D eigenvalue weighted by atomic mass is 16.2. The fourth-order valence-electron chi connectivity index (χ4n) is 1.90. The second kappa shape index (κ2) is 5.20. The average Bonchev–Trinajstić information content (AvgIpc) is 2.53. The fraction of sp³-hybridized carbons (Fsp3) is 0.583. The maximum absolute atomic E-state index is 11.6.